The van der Waals surface area contributed by atoms with E-state index in [0.29, 0.717) is 13.0 Å². The highest BCUT2D eigenvalue weighted by atomic mass is 16.6. The molecule has 0 saturated carbocycles. The van der Waals surface area contributed by atoms with Gasteiger partial charge in [0, 0.05) is 19.7 Å². The molecule has 9 nitrogen and oxygen atoms in total. The Bertz CT molecular complexity index is 882. The molecule has 29 heavy (non-hydrogen) atoms. The Morgan fingerprint density at radius 3 is 2.45 bits per heavy atom. The third kappa shape index (κ3) is 5.93. The number of carbonyl (C=O) groups excluding carboxylic acids is 2. The minimum Gasteiger partial charge on any atom is -0.497 e. The maximum Gasteiger partial charge on any atom is 0.339 e. The van der Waals surface area contributed by atoms with Crippen molar-refractivity contribution in [1.29, 1.82) is 0 Å². The molecular formula is C20H23N3O6. The summed E-state index contributed by atoms with van der Waals surface area (Å²) in [6.45, 7) is 1.81. The average molecular weight is 401 g/mol. The van der Waals surface area contributed by atoms with E-state index in [1.54, 1.807) is 14.2 Å². The number of ether oxygens (including phenoxy) is 2. The molecule has 9 heteroatoms. The number of methoxy groups -OCH3 is 1. The van der Waals surface area contributed by atoms with E-state index in [1.807, 2.05) is 24.3 Å². The molecule has 0 aliphatic carbocycles. The number of amides is 1. The topological polar surface area (TPSA) is 120 Å². The molecule has 0 radical (unpaired) electrons. The number of nitro groups is 1. The Morgan fingerprint density at radius 1 is 1.17 bits per heavy atom. The monoisotopic (exact) mass is 401 g/mol. The number of carbonyl (C=O) groups is 2. The Labute approximate surface area is 168 Å². The fourth-order valence-corrected chi connectivity index (χ4v) is 2.57. The van der Waals surface area contributed by atoms with E-state index in [9.17, 15) is 19.7 Å². The number of nitrogens with one attached hydrogen (secondary N) is 2. The zero-order chi connectivity index (χ0) is 21.4. The molecule has 154 valence electrons. The van der Waals surface area contributed by atoms with Crippen LogP contribution in [0.5, 0.6) is 5.75 Å². The highest BCUT2D eigenvalue weighted by molar-refractivity contribution is 5.93. The largest absolute Gasteiger partial charge is 0.497 e. The molecule has 0 bridgehead atoms. The number of anilines is 1. The number of hydrogen-bond acceptors (Lipinski definition) is 7. The summed E-state index contributed by atoms with van der Waals surface area (Å²) in [5.74, 6) is -0.511. The van der Waals surface area contributed by atoms with Gasteiger partial charge in [-0.05, 0) is 43.2 Å². The van der Waals surface area contributed by atoms with E-state index >= 15 is 0 Å². The molecule has 1 amide bonds. The van der Waals surface area contributed by atoms with Gasteiger partial charge in [0.1, 0.15) is 11.4 Å². The van der Waals surface area contributed by atoms with Crippen molar-refractivity contribution in [2.75, 3.05) is 26.0 Å². The molecule has 0 heterocycles. The molecule has 0 aliphatic rings. The second kappa shape index (κ2) is 10.1. The number of hydrogen-bond donors (Lipinski definition) is 2. The van der Waals surface area contributed by atoms with Gasteiger partial charge in [-0.25, -0.2) is 4.79 Å². The molecule has 0 aromatic heterocycles. The highest BCUT2D eigenvalue weighted by Crippen LogP contribution is 2.25. The SMILES string of the molecule is CNc1ccc(C(=O)O[C@H](C)C(=O)NCCc2ccc(OC)cc2)cc1[N+](=O)[O-]. The van der Waals surface area contributed by atoms with Crippen LogP contribution in [0.4, 0.5) is 11.4 Å². The zero-order valence-electron chi connectivity index (χ0n) is 16.4. The quantitative estimate of drug-likeness (QED) is 0.376. The van der Waals surface area contributed by atoms with Crippen LogP contribution in [0, 0.1) is 10.1 Å². The Balaban J connectivity index is 1.88. The van der Waals surface area contributed by atoms with E-state index < -0.39 is 22.9 Å². The third-order valence-corrected chi connectivity index (χ3v) is 4.22. The van der Waals surface area contributed by atoms with Gasteiger partial charge in [-0.2, -0.15) is 0 Å². The maximum absolute atomic E-state index is 12.2. The van der Waals surface area contributed by atoms with Gasteiger partial charge in [0.05, 0.1) is 17.6 Å². The van der Waals surface area contributed by atoms with Gasteiger partial charge in [0.25, 0.3) is 11.6 Å². The summed E-state index contributed by atoms with van der Waals surface area (Å²) in [6.07, 6.45) is -0.435. The van der Waals surface area contributed by atoms with Crippen molar-refractivity contribution in [1.82, 2.24) is 5.32 Å². The van der Waals surface area contributed by atoms with Gasteiger partial charge in [0.15, 0.2) is 6.10 Å². The van der Waals surface area contributed by atoms with Gasteiger partial charge in [-0.1, -0.05) is 12.1 Å². The summed E-state index contributed by atoms with van der Waals surface area (Å²) >= 11 is 0. The standard InChI is InChI=1S/C20H23N3O6/c1-13(19(24)22-11-10-14-4-7-16(28-3)8-5-14)29-20(25)15-6-9-17(21-2)18(12-15)23(26)27/h4-9,12-13,21H,10-11H2,1-3H3,(H,22,24)/t13-/m1/s1. The number of esters is 1. The predicted octanol–water partition coefficient (Wildman–Crippen LogP) is 2.55. The van der Waals surface area contributed by atoms with Crippen LogP contribution in [0.25, 0.3) is 0 Å². The fourth-order valence-electron chi connectivity index (χ4n) is 2.57. The Hall–Kier alpha value is -3.62. The first-order chi connectivity index (χ1) is 13.8. The van der Waals surface area contributed by atoms with Crippen molar-refractivity contribution in [2.24, 2.45) is 0 Å². The fraction of sp³-hybridized carbons (Fsp3) is 0.300. The van der Waals surface area contributed by atoms with Crippen molar-refractivity contribution in [2.45, 2.75) is 19.4 Å². The lowest BCUT2D eigenvalue weighted by Crippen LogP contribution is -2.36. The van der Waals surface area contributed by atoms with Crippen LogP contribution < -0.4 is 15.4 Å². The second-order valence-corrected chi connectivity index (χ2v) is 6.18. The minimum absolute atomic E-state index is 0.00594. The predicted molar refractivity (Wildman–Crippen MR) is 107 cm³/mol. The van der Waals surface area contributed by atoms with Crippen molar-refractivity contribution in [3.05, 3.63) is 63.7 Å². The first kappa shape index (κ1) is 21.7. The molecule has 1 atom stereocenters. The first-order valence-electron chi connectivity index (χ1n) is 8.93. The van der Waals surface area contributed by atoms with Crippen LogP contribution in [0.3, 0.4) is 0 Å². The number of nitrogens with zero attached hydrogens (tertiary/aromatic N) is 1. The van der Waals surface area contributed by atoms with E-state index in [4.69, 9.17) is 9.47 Å². The maximum atomic E-state index is 12.2. The van der Waals surface area contributed by atoms with E-state index in [1.165, 1.54) is 19.1 Å². The van der Waals surface area contributed by atoms with Gasteiger partial charge in [0.2, 0.25) is 0 Å². The third-order valence-electron chi connectivity index (χ3n) is 4.22. The van der Waals surface area contributed by atoms with Gasteiger partial charge in [-0.3, -0.25) is 14.9 Å². The average Bonchev–Trinajstić information content (AvgIpc) is 2.73. The Kier molecular flexibility index (Phi) is 7.53. The van der Waals surface area contributed by atoms with E-state index in [2.05, 4.69) is 10.6 Å². The van der Waals surface area contributed by atoms with Crippen LogP contribution in [0.2, 0.25) is 0 Å². The summed E-state index contributed by atoms with van der Waals surface area (Å²) in [5.41, 5.74) is 1.04. The van der Waals surface area contributed by atoms with Crippen molar-refractivity contribution in [3.8, 4) is 5.75 Å². The lowest BCUT2D eigenvalue weighted by atomic mass is 10.1. The van der Waals surface area contributed by atoms with Crippen LogP contribution in [-0.2, 0) is 16.0 Å². The number of benzene rings is 2. The summed E-state index contributed by atoms with van der Waals surface area (Å²) in [7, 11) is 3.13. The minimum atomic E-state index is -1.04. The lowest BCUT2D eigenvalue weighted by Gasteiger charge is -2.14. The molecule has 2 aromatic rings. The van der Waals surface area contributed by atoms with Crippen molar-refractivity contribution < 1.29 is 24.0 Å². The molecule has 0 saturated heterocycles. The normalized spacial score (nSPS) is 11.3. The van der Waals surface area contributed by atoms with Gasteiger partial charge in [-0.15, -0.1) is 0 Å². The summed E-state index contributed by atoms with van der Waals surface area (Å²) in [4.78, 5) is 34.9. The zero-order valence-corrected chi connectivity index (χ0v) is 16.4. The molecule has 2 aromatic carbocycles. The summed E-state index contributed by atoms with van der Waals surface area (Å²) in [5, 5.41) is 16.5. The highest BCUT2D eigenvalue weighted by Gasteiger charge is 2.22. The van der Waals surface area contributed by atoms with Gasteiger partial charge < -0.3 is 20.1 Å². The van der Waals surface area contributed by atoms with Gasteiger partial charge >= 0.3 is 5.97 Å². The van der Waals surface area contributed by atoms with E-state index in [0.717, 1.165) is 17.4 Å². The molecule has 0 spiro atoms. The van der Waals surface area contributed by atoms with Crippen LogP contribution in [-0.4, -0.2) is 43.6 Å². The van der Waals surface area contributed by atoms with Crippen LogP contribution in [0.1, 0.15) is 22.8 Å². The Morgan fingerprint density at radius 2 is 1.86 bits per heavy atom. The number of rotatable bonds is 9. The second-order valence-electron chi connectivity index (χ2n) is 6.18. The molecular weight excluding hydrogens is 378 g/mol. The summed E-state index contributed by atoms with van der Waals surface area (Å²) < 4.78 is 10.2. The number of nitro benzene ring substituents is 1. The molecule has 0 aliphatic heterocycles. The van der Waals surface area contributed by atoms with Crippen LogP contribution in [0.15, 0.2) is 42.5 Å². The lowest BCUT2D eigenvalue weighted by molar-refractivity contribution is -0.384. The van der Waals surface area contributed by atoms with E-state index in [-0.39, 0.29) is 16.9 Å². The first-order valence-corrected chi connectivity index (χ1v) is 8.93. The molecule has 0 fully saturated rings. The molecule has 2 rings (SSSR count). The van der Waals surface area contributed by atoms with Crippen molar-refractivity contribution in [3.63, 3.8) is 0 Å². The summed E-state index contributed by atoms with van der Waals surface area (Å²) in [6, 6.07) is 11.4. The van der Waals surface area contributed by atoms with Crippen LogP contribution >= 0.6 is 0 Å². The smallest absolute Gasteiger partial charge is 0.339 e. The van der Waals surface area contributed by atoms with Crippen molar-refractivity contribution >= 4 is 23.3 Å². The molecule has 2 N–H and O–H groups in total. The molecule has 0 unspecified atom stereocenters.